The molecule has 2 rings (SSSR count). The van der Waals surface area contributed by atoms with Gasteiger partial charge in [-0.1, -0.05) is 6.07 Å². The summed E-state index contributed by atoms with van der Waals surface area (Å²) in [5.41, 5.74) is 5.68. The summed E-state index contributed by atoms with van der Waals surface area (Å²) in [7, 11) is 1.37. The average molecular weight is 360 g/mol. The number of nitro groups is 1. The van der Waals surface area contributed by atoms with Crippen molar-refractivity contribution in [2.45, 2.75) is 19.4 Å². The van der Waals surface area contributed by atoms with Crippen LogP contribution in [0.5, 0.6) is 5.75 Å². The van der Waals surface area contributed by atoms with E-state index in [4.69, 9.17) is 15.2 Å². The van der Waals surface area contributed by atoms with Crippen LogP contribution in [0.4, 0.5) is 5.69 Å². The number of methoxy groups -OCH3 is 1. The Hall–Kier alpha value is -1.90. The number of amides is 1. The highest BCUT2D eigenvalue weighted by Gasteiger charge is 2.38. The molecule has 0 bridgehead atoms. The molecule has 24 heavy (non-hydrogen) atoms. The molecular weight excluding hydrogens is 338 g/mol. The van der Waals surface area contributed by atoms with Crippen molar-refractivity contribution in [2.24, 2.45) is 11.1 Å². The number of nitrogens with one attached hydrogen (secondary N) is 1. The first-order valence-corrected chi connectivity index (χ1v) is 7.40. The third kappa shape index (κ3) is 4.34. The van der Waals surface area contributed by atoms with Gasteiger partial charge in [-0.05, 0) is 24.5 Å². The minimum Gasteiger partial charge on any atom is -0.490 e. The van der Waals surface area contributed by atoms with E-state index < -0.39 is 10.3 Å². The molecule has 0 unspecified atom stereocenters. The Kier molecular flexibility index (Phi) is 7.40. The molecule has 1 fully saturated rings. The molecule has 1 heterocycles. The molecule has 3 N–H and O–H groups in total. The smallest absolute Gasteiger partial charge is 0.311 e. The van der Waals surface area contributed by atoms with E-state index in [2.05, 4.69) is 5.32 Å². The van der Waals surface area contributed by atoms with Crippen LogP contribution in [-0.4, -0.2) is 37.7 Å². The lowest BCUT2D eigenvalue weighted by Gasteiger charge is -2.34. The highest BCUT2D eigenvalue weighted by Crippen LogP contribution is 2.30. The zero-order chi connectivity index (χ0) is 16.9. The standard InChI is InChI=1S/C15H21N3O5.ClH/c1-22-13-3-2-11(8-12(13)18(20)21)9-17-14(19)15(10-16)4-6-23-7-5-15;/h2-3,8H,4-7,9-10,16H2,1H3,(H,17,19);1H. The minimum atomic E-state index is -0.614. The van der Waals surface area contributed by atoms with Crippen LogP contribution in [-0.2, 0) is 16.1 Å². The molecule has 1 aliphatic heterocycles. The van der Waals surface area contributed by atoms with Gasteiger partial charge in [-0.2, -0.15) is 0 Å². The molecule has 1 aromatic rings. The van der Waals surface area contributed by atoms with Crippen LogP contribution in [0.15, 0.2) is 18.2 Å². The highest BCUT2D eigenvalue weighted by molar-refractivity contribution is 5.85. The van der Waals surface area contributed by atoms with Gasteiger partial charge in [0.15, 0.2) is 5.75 Å². The Morgan fingerprint density at radius 2 is 2.12 bits per heavy atom. The van der Waals surface area contributed by atoms with E-state index in [0.717, 1.165) is 0 Å². The van der Waals surface area contributed by atoms with Gasteiger partial charge in [0.25, 0.3) is 0 Å². The topological polar surface area (TPSA) is 117 Å². The first kappa shape index (κ1) is 20.1. The van der Waals surface area contributed by atoms with E-state index in [-0.39, 0.29) is 42.8 Å². The fourth-order valence-corrected chi connectivity index (χ4v) is 2.64. The SMILES string of the molecule is COc1ccc(CNC(=O)C2(CN)CCOCC2)cc1[N+](=O)[O-].Cl. The van der Waals surface area contributed by atoms with Crippen molar-refractivity contribution in [1.29, 1.82) is 0 Å². The summed E-state index contributed by atoms with van der Waals surface area (Å²) in [6.07, 6.45) is 1.16. The number of ether oxygens (including phenoxy) is 2. The number of nitrogens with two attached hydrogens (primary N) is 1. The first-order chi connectivity index (χ1) is 11.0. The Bertz CT molecular complexity index is 590. The highest BCUT2D eigenvalue weighted by atomic mass is 35.5. The first-order valence-electron chi connectivity index (χ1n) is 7.40. The molecule has 8 nitrogen and oxygen atoms in total. The maximum absolute atomic E-state index is 12.5. The molecule has 134 valence electrons. The maximum Gasteiger partial charge on any atom is 0.311 e. The van der Waals surface area contributed by atoms with Crippen molar-refractivity contribution in [2.75, 3.05) is 26.9 Å². The average Bonchev–Trinajstić information content (AvgIpc) is 2.59. The number of rotatable bonds is 6. The minimum absolute atomic E-state index is 0. The van der Waals surface area contributed by atoms with Crippen molar-refractivity contribution in [3.05, 3.63) is 33.9 Å². The summed E-state index contributed by atoms with van der Waals surface area (Å²) in [4.78, 5) is 23.0. The Labute approximate surface area is 146 Å². The van der Waals surface area contributed by atoms with E-state index in [1.54, 1.807) is 6.07 Å². The van der Waals surface area contributed by atoms with Crippen molar-refractivity contribution < 1.29 is 19.2 Å². The summed E-state index contributed by atoms with van der Waals surface area (Å²) in [6, 6.07) is 4.61. The molecule has 0 radical (unpaired) electrons. The summed E-state index contributed by atoms with van der Waals surface area (Å²) in [6.45, 7) is 1.48. The van der Waals surface area contributed by atoms with Gasteiger partial charge in [-0.25, -0.2) is 0 Å². The number of hydrogen-bond acceptors (Lipinski definition) is 6. The van der Waals surface area contributed by atoms with Gasteiger partial charge in [0.05, 0.1) is 17.4 Å². The number of nitro benzene ring substituents is 1. The van der Waals surface area contributed by atoms with Crippen molar-refractivity contribution in [3.63, 3.8) is 0 Å². The van der Waals surface area contributed by atoms with Gasteiger partial charge < -0.3 is 20.5 Å². The molecule has 0 saturated carbocycles. The summed E-state index contributed by atoms with van der Waals surface area (Å²) >= 11 is 0. The lowest BCUT2D eigenvalue weighted by molar-refractivity contribution is -0.385. The number of nitrogens with zero attached hydrogens (tertiary/aromatic N) is 1. The largest absolute Gasteiger partial charge is 0.490 e. The van der Waals surface area contributed by atoms with Crippen LogP contribution in [0.25, 0.3) is 0 Å². The van der Waals surface area contributed by atoms with Gasteiger partial charge >= 0.3 is 5.69 Å². The number of carbonyl (C=O) groups excluding carboxylic acids is 1. The van der Waals surface area contributed by atoms with Crippen LogP contribution in [0.1, 0.15) is 18.4 Å². The molecule has 0 aromatic heterocycles. The predicted molar refractivity (Wildman–Crippen MR) is 90.3 cm³/mol. The van der Waals surface area contributed by atoms with E-state index >= 15 is 0 Å². The molecular formula is C15H22ClN3O5. The zero-order valence-corrected chi connectivity index (χ0v) is 14.3. The normalized spacial score (nSPS) is 15.9. The van der Waals surface area contributed by atoms with Gasteiger partial charge in [-0.3, -0.25) is 14.9 Å². The zero-order valence-electron chi connectivity index (χ0n) is 13.4. The molecule has 1 aliphatic rings. The summed E-state index contributed by atoms with van der Waals surface area (Å²) < 4.78 is 10.2. The van der Waals surface area contributed by atoms with Crippen LogP contribution in [0.3, 0.4) is 0 Å². The van der Waals surface area contributed by atoms with Crippen molar-refractivity contribution >= 4 is 24.0 Å². The van der Waals surface area contributed by atoms with E-state index in [1.165, 1.54) is 19.2 Å². The molecule has 0 aliphatic carbocycles. The van der Waals surface area contributed by atoms with Crippen molar-refractivity contribution in [1.82, 2.24) is 5.32 Å². The number of hydrogen-bond donors (Lipinski definition) is 2. The molecule has 1 saturated heterocycles. The third-order valence-corrected chi connectivity index (χ3v) is 4.22. The fraction of sp³-hybridized carbons (Fsp3) is 0.533. The Balaban J connectivity index is 0.00000288. The van der Waals surface area contributed by atoms with E-state index in [0.29, 0.717) is 31.6 Å². The van der Waals surface area contributed by atoms with Crippen molar-refractivity contribution in [3.8, 4) is 5.75 Å². The Morgan fingerprint density at radius 3 is 2.67 bits per heavy atom. The van der Waals surface area contributed by atoms with Crippen LogP contribution >= 0.6 is 12.4 Å². The lowest BCUT2D eigenvalue weighted by atomic mass is 9.79. The van der Waals surface area contributed by atoms with Crippen LogP contribution in [0.2, 0.25) is 0 Å². The predicted octanol–water partition coefficient (Wildman–Crippen LogP) is 1.40. The van der Waals surface area contributed by atoms with E-state index in [9.17, 15) is 14.9 Å². The molecule has 0 atom stereocenters. The van der Waals surface area contributed by atoms with Gasteiger partial charge in [0, 0.05) is 32.4 Å². The fourth-order valence-electron chi connectivity index (χ4n) is 2.64. The van der Waals surface area contributed by atoms with Crippen LogP contribution in [0, 0.1) is 15.5 Å². The van der Waals surface area contributed by atoms with E-state index in [1.807, 2.05) is 0 Å². The number of carbonyl (C=O) groups is 1. The quantitative estimate of drug-likeness (QED) is 0.585. The Morgan fingerprint density at radius 1 is 1.46 bits per heavy atom. The van der Waals surface area contributed by atoms with Gasteiger partial charge in [0.2, 0.25) is 5.91 Å². The second-order valence-corrected chi connectivity index (χ2v) is 5.54. The third-order valence-electron chi connectivity index (χ3n) is 4.22. The van der Waals surface area contributed by atoms with Gasteiger partial charge in [0.1, 0.15) is 0 Å². The lowest BCUT2D eigenvalue weighted by Crippen LogP contribution is -2.48. The monoisotopic (exact) mass is 359 g/mol. The summed E-state index contributed by atoms with van der Waals surface area (Å²) in [5, 5.41) is 13.8. The second kappa shape index (κ2) is 8.81. The molecule has 9 heteroatoms. The molecule has 1 aromatic carbocycles. The molecule has 0 spiro atoms. The maximum atomic E-state index is 12.5. The van der Waals surface area contributed by atoms with Crippen LogP contribution < -0.4 is 15.8 Å². The number of benzene rings is 1. The number of halogens is 1. The summed E-state index contributed by atoms with van der Waals surface area (Å²) in [5.74, 6) is 0.0507. The molecule has 1 amide bonds. The van der Waals surface area contributed by atoms with Gasteiger partial charge in [-0.15, -0.1) is 12.4 Å². The second-order valence-electron chi connectivity index (χ2n) is 5.54.